The third-order valence-electron chi connectivity index (χ3n) is 2.66. The number of carbonyl (C=O) groups excluding carboxylic acids is 1. The number of pyridine rings is 1. The molecule has 0 aliphatic heterocycles. The highest BCUT2D eigenvalue weighted by Crippen LogP contribution is 2.18. The fourth-order valence-corrected chi connectivity index (χ4v) is 2.24. The Morgan fingerprint density at radius 2 is 2.16 bits per heavy atom. The molecule has 0 spiro atoms. The second-order valence-electron chi connectivity index (χ2n) is 4.22. The molecule has 0 saturated heterocycles. The molecular formula is C14H14BrN3O. The van der Waals surface area contributed by atoms with Gasteiger partial charge in [0.25, 0.3) is 5.91 Å². The van der Waals surface area contributed by atoms with Crippen molar-refractivity contribution in [3.05, 3.63) is 58.3 Å². The Morgan fingerprint density at radius 3 is 2.79 bits per heavy atom. The molecule has 0 unspecified atom stereocenters. The van der Waals surface area contributed by atoms with Gasteiger partial charge in [-0.1, -0.05) is 22.0 Å². The maximum atomic E-state index is 12.1. The Labute approximate surface area is 120 Å². The summed E-state index contributed by atoms with van der Waals surface area (Å²) >= 11 is 3.32. The molecular weight excluding hydrogens is 306 g/mol. The minimum Gasteiger partial charge on any atom is -0.399 e. The van der Waals surface area contributed by atoms with Crippen LogP contribution in [0.1, 0.15) is 29.0 Å². The zero-order valence-corrected chi connectivity index (χ0v) is 12.0. The first-order valence-corrected chi connectivity index (χ1v) is 6.63. The van der Waals surface area contributed by atoms with Crippen LogP contribution in [0.3, 0.4) is 0 Å². The van der Waals surface area contributed by atoms with Gasteiger partial charge in [-0.15, -0.1) is 0 Å². The number of hydrogen-bond donors (Lipinski definition) is 2. The number of hydrogen-bond acceptors (Lipinski definition) is 3. The van der Waals surface area contributed by atoms with Crippen molar-refractivity contribution >= 4 is 27.5 Å². The van der Waals surface area contributed by atoms with E-state index in [9.17, 15) is 4.79 Å². The van der Waals surface area contributed by atoms with Crippen molar-refractivity contribution in [2.75, 3.05) is 5.73 Å². The van der Waals surface area contributed by atoms with Gasteiger partial charge in [0.2, 0.25) is 0 Å². The lowest BCUT2D eigenvalue weighted by molar-refractivity contribution is 0.0939. The van der Waals surface area contributed by atoms with Crippen LogP contribution >= 0.6 is 15.9 Å². The molecule has 0 bridgehead atoms. The quantitative estimate of drug-likeness (QED) is 0.855. The Kier molecular flexibility index (Phi) is 4.16. The van der Waals surface area contributed by atoms with Crippen LogP contribution < -0.4 is 11.1 Å². The molecule has 1 aromatic carbocycles. The second-order valence-corrected chi connectivity index (χ2v) is 5.14. The smallest absolute Gasteiger partial charge is 0.251 e. The second kappa shape index (κ2) is 5.84. The first kappa shape index (κ1) is 13.5. The topological polar surface area (TPSA) is 68.0 Å². The molecule has 1 atom stereocenters. The maximum Gasteiger partial charge on any atom is 0.251 e. The molecule has 98 valence electrons. The number of nitrogen functional groups attached to an aromatic ring is 1. The Morgan fingerprint density at radius 1 is 1.37 bits per heavy atom. The third kappa shape index (κ3) is 3.54. The number of nitrogens with one attached hydrogen (secondary N) is 1. The summed E-state index contributed by atoms with van der Waals surface area (Å²) in [6.07, 6.45) is 1.70. The van der Waals surface area contributed by atoms with Gasteiger partial charge < -0.3 is 11.1 Å². The van der Waals surface area contributed by atoms with Crippen LogP contribution in [-0.2, 0) is 0 Å². The summed E-state index contributed by atoms with van der Waals surface area (Å²) < 4.78 is 0.781. The molecule has 2 rings (SSSR count). The van der Waals surface area contributed by atoms with Crippen LogP contribution in [0.15, 0.2) is 47.1 Å². The van der Waals surface area contributed by atoms with Crippen molar-refractivity contribution in [3.63, 3.8) is 0 Å². The minimum absolute atomic E-state index is 0.158. The lowest BCUT2D eigenvalue weighted by atomic mass is 10.1. The Bertz CT molecular complexity index is 566. The molecule has 4 nitrogen and oxygen atoms in total. The predicted molar refractivity (Wildman–Crippen MR) is 78.7 cm³/mol. The lowest BCUT2D eigenvalue weighted by Crippen LogP contribution is -2.27. The van der Waals surface area contributed by atoms with Gasteiger partial charge in [-0.05, 0) is 37.3 Å². The fraction of sp³-hybridized carbons (Fsp3) is 0.143. The largest absolute Gasteiger partial charge is 0.399 e. The number of rotatable bonds is 3. The van der Waals surface area contributed by atoms with Crippen LogP contribution in [-0.4, -0.2) is 10.9 Å². The van der Waals surface area contributed by atoms with Gasteiger partial charge in [-0.25, -0.2) is 0 Å². The zero-order valence-electron chi connectivity index (χ0n) is 10.4. The van der Waals surface area contributed by atoms with E-state index >= 15 is 0 Å². The number of nitrogens with two attached hydrogens (primary N) is 1. The third-order valence-corrected chi connectivity index (χ3v) is 3.12. The first-order chi connectivity index (χ1) is 9.06. The summed E-state index contributed by atoms with van der Waals surface area (Å²) in [6, 6.07) is 10.6. The average Bonchev–Trinajstić information content (AvgIpc) is 2.38. The number of carbonyl (C=O) groups is 1. The van der Waals surface area contributed by atoms with E-state index in [1.807, 2.05) is 25.1 Å². The molecule has 2 aromatic rings. The highest BCUT2D eigenvalue weighted by atomic mass is 79.9. The molecule has 0 aliphatic carbocycles. The first-order valence-electron chi connectivity index (χ1n) is 5.84. The van der Waals surface area contributed by atoms with Crippen molar-refractivity contribution in [1.29, 1.82) is 0 Å². The van der Waals surface area contributed by atoms with Gasteiger partial charge in [0.1, 0.15) is 0 Å². The number of benzene rings is 1. The summed E-state index contributed by atoms with van der Waals surface area (Å²) in [5, 5.41) is 2.89. The molecule has 1 aromatic heterocycles. The van der Waals surface area contributed by atoms with Crippen molar-refractivity contribution in [3.8, 4) is 0 Å². The van der Waals surface area contributed by atoms with Gasteiger partial charge in [0.15, 0.2) is 0 Å². The van der Waals surface area contributed by atoms with Crippen LogP contribution in [0.4, 0.5) is 5.69 Å². The predicted octanol–water partition coefficient (Wildman–Crippen LogP) is 2.92. The van der Waals surface area contributed by atoms with Gasteiger partial charge in [-0.2, -0.15) is 0 Å². The summed E-state index contributed by atoms with van der Waals surface area (Å²) in [5.41, 5.74) is 7.60. The normalized spacial score (nSPS) is 11.9. The van der Waals surface area contributed by atoms with E-state index in [1.165, 1.54) is 0 Å². The average molecular weight is 320 g/mol. The molecule has 0 radical (unpaired) electrons. The SMILES string of the molecule is C[C@@H](NC(=O)c1cc(N)cc(Br)c1)c1ccccn1. The molecule has 0 aliphatic rings. The zero-order chi connectivity index (χ0) is 13.8. The number of anilines is 1. The lowest BCUT2D eigenvalue weighted by Gasteiger charge is -2.13. The van der Waals surface area contributed by atoms with Crippen molar-refractivity contribution < 1.29 is 4.79 Å². The van der Waals surface area contributed by atoms with E-state index in [0.29, 0.717) is 11.3 Å². The van der Waals surface area contributed by atoms with E-state index in [4.69, 9.17) is 5.73 Å². The highest BCUT2D eigenvalue weighted by Gasteiger charge is 2.12. The minimum atomic E-state index is -0.175. The van der Waals surface area contributed by atoms with E-state index in [1.54, 1.807) is 24.4 Å². The summed E-state index contributed by atoms with van der Waals surface area (Å²) in [7, 11) is 0. The van der Waals surface area contributed by atoms with E-state index in [0.717, 1.165) is 10.2 Å². The number of nitrogens with zero attached hydrogens (tertiary/aromatic N) is 1. The monoisotopic (exact) mass is 319 g/mol. The molecule has 3 N–H and O–H groups in total. The van der Waals surface area contributed by atoms with Crippen molar-refractivity contribution in [1.82, 2.24) is 10.3 Å². The van der Waals surface area contributed by atoms with Gasteiger partial charge in [0.05, 0.1) is 11.7 Å². The Balaban J connectivity index is 2.13. The molecule has 1 amide bonds. The standard InChI is InChI=1S/C14H14BrN3O/c1-9(13-4-2-3-5-17-13)18-14(19)10-6-11(15)8-12(16)7-10/h2-9H,16H2,1H3,(H,18,19)/t9-/m1/s1. The molecule has 0 fully saturated rings. The molecule has 5 heteroatoms. The van der Waals surface area contributed by atoms with E-state index < -0.39 is 0 Å². The Hall–Kier alpha value is -1.88. The molecule has 0 saturated carbocycles. The van der Waals surface area contributed by atoms with Crippen LogP contribution in [0.5, 0.6) is 0 Å². The summed E-state index contributed by atoms with van der Waals surface area (Å²) in [5.74, 6) is -0.175. The van der Waals surface area contributed by atoms with Gasteiger partial charge in [-0.3, -0.25) is 9.78 Å². The molecule has 19 heavy (non-hydrogen) atoms. The highest BCUT2D eigenvalue weighted by molar-refractivity contribution is 9.10. The van der Waals surface area contributed by atoms with E-state index in [2.05, 4.69) is 26.2 Å². The number of aromatic nitrogens is 1. The van der Waals surface area contributed by atoms with Crippen molar-refractivity contribution in [2.24, 2.45) is 0 Å². The summed E-state index contributed by atoms with van der Waals surface area (Å²) in [4.78, 5) is 16.3. The molecule has 1 heterocycles. The van der Waals surface area contributed by atoms with E-state index in [-0.39, 0.29) is 11.9 Å². The van der Waals surface area contributed by atoms with Crippen molar-refractivity contribution in [2.45, 2.75) is 13.0 Å². The number of amides is 1. The number of halogens is 1. The van der Waals surface area contributed by atoms with Gasteiger partial charge in [0, 0.05) is 21.9 Å². The van der Waals surface area contributed by atoms with Crippen LogP contribution in [0, 0.1) is 0 Å². The van der Waals surface area contributed by atoms with Crippen LogP contribution in [0.2, 0.25) is 0 Å². The van der Waals surface area contributed by atoms with Gasteiger partial charge >= 0.3 is 0 Å². The van der Waals surface area contributed by atoms with Crippen LogP contribution in [0.25, 0.3) is 0 Å². The maximum absolute atomic E-state index is 12.1. The fourth-order valence-electron chi connectivity index (χ4n) is 1.73. The summed E-state index contributed by atoms with van der Waals surface area (Å²) in [6.45, 7) is 1.89.